The fourth-order valence-corrected chi connectivity index (χ4v) is 2.19. The maximum absolute atomic E-state index is 5.88. The molecule has 1 aliphatic heterocycles. The Bertz CT molecular complexity index is 146. The first kappa shape index (κ1) is 12.3. The number of rotatable bonds is 5. The van der Waals surface area contributed by atoms with Crippen molar-refractivity contribution in [1.82, 2.24) is 5.32 Å². The molecule has 0 aromatic carbocycles. The summed E-state index contributed by atoms with van der Waals surface area (Å²) in [6, 6.07) is 0.419. The summed E-state index contributed by atoms with van der Waals surface area (Å²) in [6.45, 7) is 6.28. The highest BCUT2D eigenvalue weighted by atomic mass is 35.5. The largest absolute Gasteiger partial charge is 0.377 e. The highest BCUT2D eigenvalue weighted by molar-refractivity contribution is 6.18. The zero-order valence-corrected chi connectivity index (χ0v) is 10.0. The van der Waals surface area contributed by atoms with Crippen molar-refractivity contribution in [3.63, 3.8) is 0 Å². The van der Waals surface area contributed by atoms with Gasteiger partial charge in [0.2, 0.25) is 0 Å². The molecule has 0 aromatic rings. The summed E-state index contributed by atoms with van der Waals surface area (Å²) < 4.78 is 5.65. The molecule has 0 aliphatic carbocycles. The van der Waals surface area contributed by atoms with Crippen molar-refractivity contribution in [3.05, 3.63) is 0 Å². The molecule has 0 aromatic heterocycles. The molecule has 0 bridgehead atoms. The average molecular weight is 220 g/mol. The van der Waals surface area contributed by atoms with Gasteiger partial charge in [-0.1, -0.05) is 13.8 Å². The van der Waals surface area contributed by atoms with E-state index in [4.69, 9.17) is 16.3 Å². The number of hydrogen-bond donors (Lipinski definition) is 1. The molecule has 14 heavy (non-hydrogen) atoms. The molecule has 0 radical (unpaired) electrons. The third kappa shape index (κ3) is 4.16. The van der Waals surface area contributed by atoms with Gasteiger partial charge in [-0.25, -0.2) is 0 Å². The van der Waals surface area contributed by atoms with E-state index in [1.54, 1.807) is 0 Å². The predicted octanol–water partition coefficient (Wildman–Crippen LogP) is 2.41. The Hall–Kier alpha value is 0.210. The predicted molar refractivity (Wildman–Crippen MR) is 60.9 cm³/mol. The Kier molecular flexibility index (Phi) is 5.83. The molecule has 2 nitrogen and oxygen atoms in total. The molecule has 0 spiro atoms. The standard InChI is InChI=1S/C11H22ClNO/c1-9(2)11(7-12)13-8-10-5-3-4-6-14-10/h9-11,13H,3-8H2,1-2H3. The summed E-state index contributed by atoms with van der Waals surface area (Å²) in [5, 5.41) is 3.48. The first-order chi connectivity index (χ1) is 6.74. The van der Waals surface area contributed by atoms with E-state index < -0.39 is 0 Å². The van der Waals surface area contributed by atoms with Gasteiger partial charge in [0.05, 0.1) is 6.10 Å². The van der Waals surface area contributed by atoms with Crippen LogP contribution in [0.4, 0.5) is 0 Å². The van der Waals surface area contributed by atoms with Crippen molar-refractivity contribution in [3.8, 4) is 0 Å². The topological polar surface area (TPSA) is 21.3 Å². The molecule has 84 valence electrons. The number of hydrogen-bond acceptors (Lipinski definition) is 2. The summed E-state index contributed by atoms with van der Waals surface area (Å²) in [7, 11) is 0. The summed E-state index contributed by atoms with van der Waals surface area (Å²) >= 11 is 5.88. The lowest BCUT2D eigenvalue weighted by molar-refractivity contribution is 0.0150. The molecule has 1 rings (SSSR count). The van der Waals surface area contributed by atoms with Crippen molar-refractivity contribution in [1.29, 1.82) is 0 Å². The zero-order chi connectivity index (χ0) is 10.4. The van der Waals surface area contributed by atoms with Gasteiger partial charge in [0.1, 0.15) is 0 Å². The summed E-state index contributed by atoms with van der Waals surface area (Å²) in [6.07, 6.45) is 4.13. The molecule has 0 amide bonds. The third-order valence-corrected chi connectivity index (χ3v) is 3.19. The molecule has 1 N–H and O–H groups in total. The Morgan fingerprint density at radius 3 is 2.71 bits per heavy atom. The Morgan fingerprint density at radius 2 is 2.21 bits per heavy atom. The van der Waals surface area contributed by atoms with E-state index in [0.29, 0.717) is 23.9 Å². The molecule has 1 aliphatic rings. The van der Waals surface area contributed by atoms with Gasteiger partial charge in [-0.3, -0.25) is 0 Å². The average Bonchev–Trinajstić information content (AvgIpc) is 2.20. The number of alkyl halides is 1. The van der Waals surface area contributed by atoms with Crippen LogP contribution in [-0.2, 0) is 4.74 Å². The van der Waals surface area contributed by atoms with Crippen LogP contribution in [0.3, 0.4) is 0 Å². The van der Waals surface area contributed by atoms with E-state index in [0.717, 1.165) is 13.2 Å². The monoisotopic (exact) mass is 219 g/mol. The quantitative estimate of drug-likeness (QED) is 0.718. The van der Waals surface area contributed by atoms with Gasteiger partial charge in [-0.05, 0) is 25.2 Å². The van der Waals surface area contributed by atoms with E-state index in [1.807, 2.05) is 0 Å². The first-order valence-electron chi connectivity index (χ1n) is 5.65. The molecule has 1 heterocycles. The van der Waals surface area contributed by atoms with Gasteiger partial charge in [-0.2, -0.15) is 0 Å². The van der Waals surface area contributed by atoms with Crippen molar-refractivity contribution in [2.24, 2.45) is 5.92 Å². The first-order valence-corrected chi connectivity index (χ1v) is 6.18. The van der Waals surface area contributed by atoms with E-state index in [2.05, 4.69) is 19.2 Å². The van der Waals surface area contributed by atoms with Gasteiger partial charge in [-0.15, -0.1) is 11.6 Å². The lowest BCUT2D eigenvalue weighted by atomic mass is 10.0. The van der Waals surface area contributed by atoms with Crippen molar-refractivity contribution in [2.75, 3.05) is 19.0 Å². The molecular weight excluding hydrogens is 198 g/mol. The molecule has 2 atom stereocenters. The second-order valence-electron chi connectivity index (χ2n) is 4.40. The van der Waals surface area contributed by atoms with Gasteiger partial charge in [0.25, 0.3) is 0 Å². The highest BCUT2D eigenvalue weighted by Crippen LogP contribution is 2.12. The Labute approximate surface area is 92.3 Å². The number of nitrogens with one attached hydrogen (secondary N) is 1. The molecule has 1 fully saturated rings. The SMILES string of the molecule is CC(C)C(CCl)NCC1CCCCO1. The lowest BCUT2D eigenvalue weighted by Crippen LogP contribution is -2.41. The number of halogens is 1. The van der Waals surface area contributed by atoms with Crippen LogP contribution in [0, 0.1) is 5.92 Å². The Balaban J connectivity index is 2.16. The molecule has 2 unspecified atom stereocenters. The molecule has 1 saturated heterocycles. The third-order valence-electron chi connectivity index (χ3n) is 2.85. The van der Waals surface area contributed by atoms with Gasteiger partial charge >= 0.3 is 0 Å². The fourth-order valence-electron chi connectivity index (χ4n) is 1.72. The van der Waals surface area contributed by atoms with E-state index >= 15 is 0 Å². The molecule has 0 saturated carbocycles. The van der Waals surface area contributed by atoms with Crippen LogP contribution in [0.2, 0.25) is 0 Å². The fraction of sp³-hybridized carbons (Fsp3) is 1.00. The normalized spacial score (nSPS) is 25.3. The summed E-state index contributed by atoms with van der Waals surface area (Å²) in [5.41, 5.74) is 0. The van der Waals surface area contributed by atoms with E-state index in [-0.39, 0.29) is 0 Å². The van der Waals surface area contributed by atoms with Crippen LogP contribution in [0.5, 0.6) is 0 Å². The Morgan fingerprint density at radius 1 is 1.43 bits per heavy atom. The van der Waals surface area contributed by atoms with Crippen LogP contribution in [0.1, 0.15) is 33.1 Å². The maximum atomic E-state index is 5.88. The minimum Gasteiger partial charge on any atom is -0.377 e. The van der Waals surface area contributed by atoms with E-state index in [9.17, 15) is 0 Å². The van der Waals surface area contributed by atoms with Crippen LogP contribution < -0.4 is 5.32 Å². The summed E-state index contributed by atoms with van der Waals surface area (Å²) in [5.74, 6) is 1.28. The van der Waals surface area contributed by atoms with E-state index in [1.165, 1.54) is 19.3 Å². The highest BCUT2D eigenvalue weighted by Gasteiger charge is 2.17. The second-order valence-corrected chi connectivity index (χ2v) is 4.71. The van der Waals surface area contributed by atoms with Gasteiger partial charge in [0, 0.05) is 25.1 Å². The van der Waals surface area contributed by atoms with Gasteiger partial charge in [0.15, 0.2) is 0 Å². The smallest absolute Gasteiger partial charge is 0.0699 e. The van der Waals surface area contributed by atoms with Crippen molar-refractivity contribution < 1.29 is 4.74 Å². The zero-order valence-electron chi connectivity index (χ0n) is 9.26. The van der Waals surface area contributed by atoms with Crippen LogP contribution in [0.15, 0.2) is 0 Å². The van der Waals surface area contributed by atoms with Crippen molar-refractivity contribution in [2.45, 2.75) is 45.3 Å². The minimum atomic E-state index is 0.410. The molecular formula is C11H22ClNO. The van der Waals surface area contributed by atoms with Crippen LogP contribution >= 0.6 is 11.6 Å². The van der Waals surface area contributed by atoms with Crippen molar-refractivity contribution >= 4 is 11.6 Å². The summed E-state index contributed by atoms with van der Waals surface area (Å²) in [4.78, 5) is 0. The number of ether oxygens (including phenoxy) is 1. The molecule has 3 heteroatoms. The van der Waals surface area contributed by atoms with Gasteiger partial charge < -0.3 is 10.1 Å². The second kappa shape index (κ2) is 6.65. The van der Waals surface area contributed by atoms with Crippen LogP contribution in [0.25, 0.3) is 0 Å². The van der Waals surface area contributed by atoms with Crippen LogP contribution in [-0.4, -0.2) is 31.2 Å². The lowest BCUT2D eigenvalue weighted by Gasteiger charge is -2.26. The maximum Gasteiger partial charge on any atom is 0.0699 e. The minimum absolute atomic E-state index is 0.410.